The minimum atomic E-state index is 0.627. The van der Waals surface area contributed by atoms with Gasteiger partial charge >= 0.3 is 0 Å². The molecule has 13 heavy (non-hydrogen) atoms. The van der Waals surface area contributed by atoms with E-state index in [9.17, 15) is 4.79 Å². The maximum atomic E-state index is 10.8. The number of carbonyl (C=O) groups excluding carboxylic acids is 1. The number of nitrogen functional groups attached to an aromatic ring is 1. The molecule has 0 aliphatic carbocycles. The summed E-state index contributed by atoms with van der Waals surface area (Å²) in [5.74, 6) is 0. The molecule has 4 heteroatoms. The number of fused-ring (bicyclic) bond motifs is 1. The second kappa shape index (κ2) is 3.05. The molecule has 0 bridgehead atoms. The number of benzene rings is 1. The Bertz CT molecular complexity index is 476. The Kier molecular flexibility index (Phi) is 2.01. The number of carbonyl (C=O) groups is 1. The van der Waals surface area contributed by atoms with Crippen LogP contribution in [0.2, 0.25) is 0 Å². The van der Waals surface area contributed by atoms with Crippen molar-refractivity contribution in [2.75, 3.05) is 5.73 Å². The smallest absolute Gasteiger partial charge is 0.152 e. The summed E-state index contributed by atoms with van der Waals surface area (Å²) < 4.78 is 0.917. The second-order valence-corrected chi connectivity index (χ2v) is 4.05. The van der Waals surface area contributed by atoms with Crippen LogP contribution in [-0.2, 0) is 0 Å². The minimum absolute atomic E-state index is 0.627. The number of anilines is 1. The van der Waals surface area contributed by atoms with E-state index >= 15 is 0 Å². The van der Waals surface area contributed by atoms with Crippen LogP contribution in [0.4, 0.5) is 5.69 Å². The lowest BCUT2D eigenvalue weighted by Crippen LogP contribution is -1.85. The highest BCUT2D eigenvalue weighted by Gasteiger charge is 2.07. The summed E-state index contributed by atoms with van der Waals surface area (Å²) in [6.07, 6.45) is 0.820. The third-order valence-corrected chi connectivity index (χ3v) is 3.34. The first-order valence-electron chi connectivity index (χ1n) is 3.68. The van der Waals surface area contributed by atoms with Gasteiger partial charge in [0, 0.05) is 25.9 Å². The zero-order valence-corrected chi connectivity index (χ0v) is 8.36. The molecule has 1 heterocycles. The van der Waals surface area contributed by atoms with Gasteiger partial charge in [0.1, 0.15) is 0 Å². The van der Waals surface area contributed by atoms with Gasteiger partial charge in [0.05, 0.1) is 5.69 Å². The topological polar surface area (TPSA) is 43.1 Å². The first-order chi connectivity index (χ1) is 6.24. The third kappa shape index (κ3) is 1.22. The van der Waals surface area contributed by atoms with Crippen LogP contribution in [0, 0.1) is 0 Å². The van der Waals surface area contributed by atoms with Gasteiger partial charge in [-0.15, -0.1) is 24.0 Å². The van der Waals surface area contributed by atoms with E-state index in [1.165, 1.54) is 11.3 Å². The summed E-state index contributed by atoms with van der Waals surface area (Å²) in [6.45, 7) is 0. The fraction of sp³-hybridized carbons (Fsp3) is 0. The van der Waals surface area contributed by atoms with E-state index in [-0.39, 0.29) is 0 Å². The van der Waals surface area contributed by atoms with Crippen LogP contribution in [0.25, 0.3) is 10.1 Å². The van der Waals surface area contributed by atoms with E-state index in [4.69, 9.17) is 5.73 Å². The Labute approximate surface area is 84.8 Å². The van der Waals surface area contributed by atoms with Crippen molar-refractivity contribution in [1.29, 1.82) is 0 Å². The van der Waals surface area contributed by atoms with Gasteiger partial charge in [-0.25, -0.2) is 0 Å². The molecule has 0 amide bonds. The van der Waals surface area contributed by atoms with Crippen LogP contribution >= 0.6 is 24.0 Å². The van der Waals surface area contributed by atoms with E-state index in [0.717, 1.165) is 22.1 Å². The van der Waals surface area contributed by atoms with Crippen LogP contribution < -0.4 is 5.73 Å². The van der Waals surface area contributed by atoms with Gasteiger partial charge in [0.25, 0.3) is 0 Å². The Morgan fingerprint density at radius 3 is 2.92 bits per heavy atom. The summed E-state index contributed by atoms with van der Waals surface area (Å²) in [5, 5.41) is 2.77. The van der Waals surface area contributed by atoms with Crippen molar-refractivity contribution in [2.45, 2.75) is 4.90 Å². The monoisotopic (exact) mass is 209 g/mol. The van der Waals surface area contributed by atoms with Gasteiger partial charge in [0.2, 0.25) is 0 Å². The number of thiophene rings is 1. The molecule has 0 aliphatic heterocycles. The summed E-state index contributed by atoms with van der Waals surface area (Å²) in [5.41, 5.74) is 7.07. The molecule has 0 spiro atoms. The van der Waals surface area contributed by atoms with Crippen molar-refractivity contribution in [1.82, 2.24) is 0 Å². The standard InChI is InChI=1S/C9H7NOS2/c10-7-4-13-9-5(7)1-2-8(12)6(9)3-11/h1-4,12H,10H2. The van der Waals surface area contributed by atoms with Crippen LogP contribution in [0.15, 0.2) is 22.4 Å². The maximum Gasteiger partial charge on any atom is 0.152 e. The predicted octanol–water partition coefficient (Wildman–Crippen LogP) is 2.58. The molecule has 0 atom stereocenters. The number of aldehydes is 1. The summed E-state index contributed by atoms with van der Waals surface area (Å²) in [6, 6.07) is 3.68. The minimum Gasteiger partial charge on any atom is -0.398 e. The average Bonchev–Trinajstić information content (AvgIpc) is 2.48. The Morgan fingerprint density at radius 1 is 1.46 bits per heavy atom. The SMILES string of the molecule is Nc1csc2c(C=O)c(S)ccc12. The quantitative estimate of drug-likeness (QED) is 0.560. The number of nitrogens with two attached hydrogens (primary N) is 1. The molecular formula is C9H7NOS2. The van der Waals surface area contributed by atoms with Crippen molar-refractivity contribution < 1.29 is 4.79 Å². The van der Waals surface area contributed by atoms with Crippen molar-refractivity contribution in [3.63, 3.8) is 0 Å². The lowest BCUT2D eigenvalue weighted by atomic mass is 10.1. The molecule has 0 aliphatic rings. The molecule has 0 radical (unpaired) electrons. The lowest BCUT2D eigenvalue weighted by molar-refractivity contribution is 0.112. The highest BCUT2D eigenvalue weighted by molar-refractivity contribution is 7.80. The summed E-state index contributed by atoms with van der Waals surface area (Å²) in [7, 11) is 0. The van der Waals surface area contributed by atoms with Gasteiger partial charge in [-0.05, 0) is 6.07 Å². The zero-order valence-electron chi connectivity index (χ0n) is 6.65. The molecule has 0 saturated heterocycles. The third-order valence-electron chi connectivity index (χ3n) is 1.91. The Balaban J connectivity index is 2.92. The van der Waals surface area contributed by atoms with E-state index in [1.54, 1.807) is 6.07 Å². The lowest BCUT2D eigenvalue weighted by Gasteiger charge is -1.98. The van der Waals surface area contributed by atoms with Gasteiger partial charge in [-0.1, -0.05) is 6.07 Å². The van der Waals surface area contributed by atoms with E-state index in [0.29, 0.717) is 10.5 Å². The van der Waals surface area contributed by atoms with Gasteiger partial charge in [0.15, 0.2) is 6.29 Å². The molecule has 1 aromatic carbocycles. The largest absolute Gasteiger partial charge is 0.398 e. The fourth-order valence-electron chi connectivity index (χ4n) is 1.24. The molecular weight excluding hydrogens is 202 g/mol. The maximum absolute atomic E-state index is 10.8. The second-order valence-electron chi connectivity index (χ2n) is 2.68. The number of hydrogen-bond donors (Lipinski definition) is 2. The molecule has 2 N–H and O–H groups in total. The zero-order chi connectivity index (χ0) is 9.42. The molecule has 1 aromatic heterocycles. The highest BCUT2D eigenvalue weighted by atomic mass is 32.1. The van der Waals surface area contributed by atoms with Gasteiger partial charge in [-0.3, -0.25) is 4.79 Å². The molecule has 2 nitrogen and oxygen atoms in total. The summed E-state index contributed by atoms with van der Waals surface area (Å²) >= 11 is 5.67. The molecule has 0 unspecified atom stereocenters. The van der Waals surface area contributed by atoms with E-state index in [1.807, 2.05) is 11.4 Å². The molecule has 0 saturated carbocycles. The molecule has 2 rings (SSSR count). The number of thiol groups is 1. The normalized spacial score (nSPS) is 10.5. The molecule has 0 fully saturated rings. The summed E-state index contributed by atoms with van der Waals surface area (Å²) in [4.78, 5) is 11.5. The highest BCUT2D eigenvalue weighted by Crippen LogP contribution is 2.32. The van der Waals surface area contributed by atoms with Gasteiger partial charge in [-0.2, -0.15) is 0 Å². The van der Waals surface area contributed by atoms with E-state index in [2.05, 4.69) is 12.6 Å². The van der Waals surface area contributed by atoms with Crippen molar-refractivity contribution >= 4 is 46.0 Å². The van der Waals surface area contributed by atoms with E-state index < -0.39 is 0 Å². The first-order valence-corrected chi connectivity index (χ1v) is 5.00. The van der Waals surface area contributed by atoms with Crippen LogP contribution in [0.5, 0.6) is 0 Å². The predicted molar refractivity (Wildman–Crippen MR) is 58.9 cm³/mol. The van der Waals surface area contributed by atoms with Gasteiger partial charge < -0.3 is 5.73 Å². The van der Waals surface area contributed by atoms with Crippen molar-refractivity contribution in [3.05, 3.63) is 23.1 Å². The Morgan fingerprint density at radius 2 is 2.23 bits per heavy atom. The molecule has 66 valence electrons. The number of rotatable bonds is 1. The van der Waals surface area contributed by atoms with Crippen LogP contribution in [-0.4, -0.2) is 6.29 Å². The first kappa shape index (κ1) is 8.59. The van der Waals surface area contributed by atoms with Crippen molar-refractivity contribution in [2.24, 2.45) is 0 Å². The van der Waals surface area contributed by atoms with Crippen molar-refractivity contribution in [3.8, 4) is 0 Å². The average molecular weight is 209 g/mol. The van der Waals surface area contributed by atoms with Crippen LogP contribution in [0.3, 0.4) is 0 Å². The van der Waals surface area contributed by atoms with Crippen LogP contribution in [0.1, 0.15) is 10.4 Å². The fourth-order valence-corrected chi connectivity index (χ4v) is 2.53. The molecule has 2 aromatic rings. The Hall–Kier alpha value is -1.00. The number of hydrogen-bond acceptors (Lipinski definition) is 4.